The summed E-state index contributed by atoms with van der Waals surface area (Å²) in [5.41, 5.74) is 6.74. The van der Waals surface area contributed by atoms with Crippen LogP contribution in [0.5, 0.6) is 0 Å². The van der Waals surface area contributed by atoms with Gasteiger partial charge in [0.15, 0.2) is 0 Å². The number of nitrogens with two attached hydrogens (primary N) is 1. The van der Waals surface area contributed by atoms with Crippen molar-refractivity contribution in [3.8, 4) is 0 Å². The first-order valence-electron chi connectivity index (χ1n) is 7.84. The molecule has 2 aromatic rings. The van der Waals surface area contributed by atoms with E-state index in [-0.39, 0.29) is 5.91 Å². The number of hydrogen-bond donors (Lipinski definition) is 1. The molecule has 2 N–H and O–H groups in total. The fourth-order valence-electron chi connectivity index (χ4n) is 2.61. The number of hydrogen-bond acceptors (Lipinski definition) is 3. The van der Waals surface area contributed by atoms with Crippen LogP contribution < -0.4 is 5.73 Å². The first-order chi connectivity index (χ1) is 11.1. The molecule has 0 spiro atoms. The number of amides is 2. The molecule has 23 heavy (non-hydrogen) atoms. The van der Waals surface area contributed by atoms with Gasteiger partial charge in [0, 0.05) is 31.0 Å². The van der Waals surface area contributed by atoms with Gasteiger partial charge in [0.1, 0.15) is 5.76 Å². The minimum atomic E-state index is -0.440. The van der Waals surface area contributed by atoms with Crippen LogP contribution in [-0.4, -0.2) is 22.8 Å². The van der Waals surface area contributed by atoms with Crippen molar-refractivity contribution in [2.45, 2.75) is 38.3 Å². The van der Waals surface area contributed by atoms with Gasteiger partial charge in [-0.15, -0.1) is 0 Å². The highest BCUT2D eigenvalue weighted by atomic mass is 16.3. The number of rotatable bonds is 7. The zero-order valence-electron chi connectivity index (χ0n) is 12.9. The lowest BCUT2D eigenvalue weighted by atomic mass is 10.1. The van der Waals surface area contributed by atoms with Gasteiger partial charge in [0.2, 0.25) is 11.8 Å². The zero-order chi connectivity index (χ0) is 16.2. The van der Waals surface area contributed by atoms with Crippen LogP contribution in [0.3, 0.4) is 0 Å². The summed E-state index contributed by atoms with van der Waals surface area (Å²) in [7, 11) is 0. The van der Waals surface area contributed by atoms with E-state index in [2.05, 4.69) is 0 Å². The molecule has 1 aliphatic carbocycles. The van der Waals surface area contributed by atoms with E-state index >= 15 is 0 Å². The number of benzene rings is 1. The number of aryl methyl sites for hydroxylation is 1. The molecule has 0 radical (unpaired) electrons. The van der Waals surface area contributed by atoms with Gasteiger partial charge in [-0.05, 0) is 42.7 Å². The lowest BCUT2D eigenvalue weighted by Crippen LogP contribution is -2.32. The molecular formula is C18H20N2O3. The molecule has 5 heteroatoms. The van der Waals surface area contributed by atoms with Gasteiger partial charge in [-0.1, -0.05) is 12.1 Å². The smallest absolute Gasteiger partial charge is 0.248 e. The molecule has 5 nitrogen and oxygen atoms in total. The van der Waals surface area contributed by atoms with Crippen LogP contribution in [0.2, 0.25) is 0 Å². The average molecular weight is 312 g/mol. The van der Waals surface area contributed by atoms with Gasteiger partial charge in [-0.3, -0.25) is 9.59 Å². The maximum Gasteiger partial charge on any atom is 0.248 e. The first-order valence-corrected chi connectivity index (χ1v) is 7.84. The maximum absolute atomic E-state index is 12.5. The largest absolute Gasteiger partial charge is 0.469 e. The molecule has 120 valence electrons. The molecule has 2 amide bonds. The maximum atomic E-state index is 12.5. The highest BCUT2D eigenvalue weighted by Crippen LogP contribution is 2.29. The van der Waals surface area contributed by atoms with Crippen molar-refractivity contribution in [3.05, 3.63) is 59.5 Å². The number of furan rings is 1. The van der Waals surface area contributed by atoms with E-state index in [4.69, 9.17) is 10.2 Å². The summed E-state index contributed by atoms with van der Waals surface area (Å²) in [4.78, 5) is 25.5. The van der Waals surface area contributed by atoms with Gasteiger partial charge in [0.05, 0.1) is 6.26 Å². The monoisotopic (exact) mass is 312 g/mol. The Morgan fingerprint density at radius 1 is 1.17 bits per heavy atom. The number of carbonyl (C=O) groups is 2. The Balaban J connectivity index is 1.62. The van der Waals surface area contributed by atoms with Gasteiger partial charge in [-0.25, -0.2) is 0 Å². The molecule has 0 unspecified atom stereocenters. The van der Waals surface area contributed by atoms with Crippen LogP contribution in [0.4, 0.5) is 0 Å². The highest BCUT2D eigenvalue weighted by Gasteiger charge is 2.32. The van der Waals surface area contributed by atoms with Gasteiger partial charge in [0.25, 0.3) is 0 Å². The third-order valence-electron chi connectivity index (χ3n) is 4.06. The molecule has 0 saturated heterocycles. The molecule has 0 atom stereocenters. The van der Waals surface area contributed by atoms with Crippen LogP contribution in [0, 0.1) is 0 Å². The Morgan fingerprint density at radius 3 is 2.48 bits per heavy atom. The summed E-state index contributed by atoms with van der Waals surface area (Å²) in [6.07, 6.45) is 4.82. The highest BCUT2D eigenvalue weighted by molar-refractivity contribution is 5.92. The van der Waals surface area contributed by atoms with E-state index in [1.54, 1.807) is 18.4 Å². The molecule has 1 aromatic heterocycles. The summed E-state index contributed by atoms with van der Waals surface area (Å²) in [6, 6.07) is 11.2. The molecule has 1 aliphatic rings. The molecule has 1 heterocycles. The van der Waals surface area contributed by atoms with Crippen LogP contribution in [-0.2, 0) is 17.8 Å². The summed E-state index contributed by atoms with van der Waals surface area (Å²) in [6.45, 7) is 0.570. The van der Waals surface area contributed by atoms with E-state index < -0.39 is 5.91 Å². The summed E-state index contributed by atoms with van der Waals surface area (Å²) in [5, 5.41) is 0. The van der Waals surface area contributed by atoms with Gasteiger partial charge in [-0.2, -0.15) is 0 Å². The standard InChI is InChI=1S/C18H20N2O3/c19-18(22)14-5-3-13(4-6-14)12-20(15-7-8-15)17(21)10-9-16-2-1-11-23-16/h1-6,11,15H,7-10,12H2,(H2,19,22). The van der Waals surface area contributed by atoms with Crippen LogP contribution in [0.1, 0.15) is 40.9 Å². The Hall–Kier alpha value is -2.56. The fourth-order valence-corrected chi connectivity index (χ4v) is 2.61. The molecule has 1 aromatic carbocycles. The van der Waals surface area contributed by atoms with Crippen molar-refractivity contribution in [2.75, 3.05) is 0 Å². The Bertz CT molecular complexity index is 673. The minimum absolute atomic E-state index is 0.142. The van der Waals surface area contributed by atoms with E-state index in [1.807, 2.05) is 29.2 Å². The van der Waals surface area contributed by atoms with Crippen molar-refractivity contribution in [1.29, 1.82) is 0 Å². The Morgan fingerprint density at radius 2 is 1.91 bits per heavy atom. The van der Waals surface area contributed by atoms with E-state index in [0.29, 0.717) is 31.0 Å². The Labute approximate surface area is 135 Å². The zero-order valence-corrected chi connectivity index (χ0v) is 12.9. The summed E-state index contributed by atoms with van der Waals surface area (Å²) >= 11 is 0. The first kappa shape index (κ1) is 15.3. The third kappa shape index (κ3) is 4.00. The van der Waals surface area contributed by atoms with Crippen molar-refractivity contribution in [1.82, 2.24) is 4.90 Å². The fraction of sp³-hybridized carbons (Fsp3) is 0.333. The van der Waals surface area contributed by atoms with Crippen LogP contribution in [0.15, 0.2) is 47.1 Å². The van der Waals surface area contributed by atoms with Crippen LogP contribution >= 0.6 is 0 Å². The second-order valence-corrected chi connectivity index (χ2v) is 5.89. The van der Waals surface area contributed by atoms with Crippen molar-refractivity contribution in [2.24, 2.45) is 5.73 Å². The normalized spacial score (nSPS) is 13.7. The SMILES string of the molecule is NC(=O)c1ccc(CN(C(=O)CCc2ccco2)C2CC2)cc1. The third-order valence-corrected chi connectivity index (χ3v) is 4.06. The molecular weight excluding hydrogens is 292 g/mol. The second kappa shape index (κ2) is 6.69. The molecule has 1 saturated carbocycles. The Kier molecular flexibility index (Phi) is 4.46. The average Bonchev–Trinajstić information content (AvgIpc) is 3.26. The molecule has 0 aliphatic heterocycles. The minimum Gasteiger partial charge on any atom is -0.469 e. The van der Waals surface area contributed by atoms with Crippen molar-refractivity contribution < 1.29 is 14.0 Å². The lowest BCUT2D eigenvalue weighted by Gasteiger charge is -2.22. The number of primary amides is 1. The van der Waals surface area contributed by atoms with Crippen LogP contribution in [0.25, 0.3) is 0 Å². The number of nitrogens with zero attached hydrogens (tertiary/aromatic N) is 1. The number of carbonyl (C=O) groups excluding carboxylic acids is 2. The van der Waals surface area contributed by atoms with Crippen molar-refractivity contribution in [3.63, 3.8) is 0 Å². The van der Waals surface area contributed by atoms with Gasteiger partial charge >= 0.3 is 0 Å². The van der Waals surface area contributed by atoms with E-state index in [0.717, 1.165) is 24.2 Å². The second-order valence-electron chi connectivity index (χ2n) is 5.89. The quantitative estimate of drug-likeness (QED) is 0.853. The van der Waals surface area contributed by atoms with Gasteiger partial charge < -0.3 is 15.1 Å². The predicted octanol–water partition coefficient (Wildman–Crippen LogP) is 2.50. The van der Waals surface area contributed by atoms with E-state index in [1.165, 1.54) is 0 Å². The topological polar surface area (TPSA) is 76.5 Å². The van der Waals surface area contributed by atoms with Crippen molar-refractivity contribution >= 4 is 11.8 Å². The molecule has 1 fully saturated rings. The molecule has 3 rings (SSSR count). The summed E-state index contributed by atoms with van der Waals surface area (Å²) in [5.74, 6) is 0.535. The predicted molar refractivity (Wildman–Crippen MR) is 85.6 cm³/mol. The lowest BCUT2D eigenvalue weighted by molar-refractivity contribution is -0.132. The van der Waals surface area contributed by atoms with E-state index in [9.17, 15) is 9.59 Å². The molecule has 0 bridgehead atoms. The summed E-state index contributed by atoms with van der Waals surface area (Å²) < 4.78 is 5.28.